The Morgan fingerprint density at radius 3 is 2.67 bits per heavy atom. The van der Waals surface area contributed by atoms with E-state index in [1.807, 2.05) is 28.9 Å². The molecule has 0 aliphatic heterocycles. The van der Waals surface area contributed by atoms with E-state index < -0.39 is 0 Å². The number of aromatic nitrogens is 3. The van der Waals surface area contributed by atoms with Gasteiger partial charge in [-0.1, -0.05) is 0 Å². The van der Waals surface area contributed by atoms with Crippen molar-refractivity contribution in [2.24, 2.45) is 0 Å². The van der Waals surface area contributed by atoms with Crippen LogP contribution in [0.4, 0.5) is 0 Å². The number of pyridine rings is 1. The van der Waals surface area contributed by atoms with E-state index >= 15 is 0 Å². The molecule has 4 nitrogen and oxygen atoms in total. The summed E-state index contributed by atoms with van der Waals surface area (Å²) in [7, 11) is 0. The lowest BCUT2D eigenvalue weighted by Gasteiger charge is -1.97. The fraction of sp³-hybridized carbons (Fsp3) is 0.143. The third kappa shape index (κ3) is 1.62. The van der Waals surface area contributed by atoms with Crippen LogP contribution in [0.2, 0.25) is 0 Å². The van der Waals surface area contributed by atoms with Crippen molar-refractivity contribution in [3.63, 3.8) is 0 Å². The molecule has 0 aliphatic rings. The van der Waals surface area contributed by atoms with Gasteiger partial charge in [0, 0.05) is 18.3 Å². The highest BCUT2D eigenvalue weighted by Gasteiger charge is 2.12. The Labute approximate surface area is 105 Å². The number of hydrogen-bond acceptors (Lipinski definition) is 3. The number of phenolic OH excluding ortho intramolecular Hbond substituents is 1. The normalized spacial score (nSPS) is 10.9. The minimum absolute atomic E-state index is 0.255. The van der Waals surface area contributed by atoms with Gasteiger partial charge in [0.05, 0.1) is 5.52 Å². The van der Waals surface area contributed by atoms with E-state index in [0.717, 1.165) is 28.8 Å². The maximum Gasteiger partial charge on any atom is 0.119 e. The third-order valence-corrected chi connectivity index (χ3v) is 2.95. The average Bonchev–Trinajstić information content (AvgIpc) is 2.79. The van der Waals surface area contributed by atoms with Crippen LogP contribution in [-0.2, 0) is 6.54 Å². The second-order valence-electron chi connectivity index (χ2n) is 4.08. The molecule has 2 heterocycles. The van der Waals surface area contributed by atoms with Crippen LogP contribution in [0.3, 0.4) is 0 Å². The van der Waals surface area contributed by atoms with Gasteiger partial charge in [0.15, 0.2) is 0 Å². The first-order chi connectivity index (χ1) is 8.79. The maximum absolute atomic E-state index is 9.33. The lowest BCUT2D eigenvalue weighted by Crippen LogP contribution is -1.95. The van der Waals surface area contributed by atoms with E-state index in [2.05, 4.69) is 17.0 Å². The first-order valence-corrected chi connectivity index (χ1v) is 5.90. The Balaban J connectivity index is 2.26. The van der Waals surface area contributed by atoms with Gasteiger partial charge >= 0.3 is 0 Å². The van der Waals surface area contributed by atoms with Crippen LogP contribution in [0.1, 0.15) is 6.92 Å². The van der Waals surface area contributed by atoms with E-state index in [1.165, 1.54) is 0 Å². The van der Waals surface area contributed by atoms with Crippen LogP contribution < -0.4 is 0 Å². The predicted molar refractivity (Wildman–Crippen MR) is 70.3 cm³/mol. The highest BCUT2D eigenvalue weighted by Crippen LogP contribution is 2.27. The third-order valence-electron chi connectivity index (χ3n) is 2.95. The first kappa shape index (κ1) is 10.8. The number of aryl methyl sites for hydroxylation is 1. The second kappa shape index (κ2) is 4.14. The smallest absolute Gasteiger partial charge is 0.119 e. The minimum Gasteiger partial charge on any atom is -0.508 e. The summed E-state index contributed by atoms with van der Waals surface area (Å²) in [6.07, 6.45) is 1.77. The van der Waals surface area contributed by atoms with E-state index in [9.17, 15) is 5.11 Å². The molecule has 18 heavy (non-hydrogen) atoms. The van der Waals surface area contributed by atoms with Crippen LogP contribution in [0.15, 0.2) is 42.6 Å². The Morgan fingerprint density at radius 2 is 1.94 bits per heavy atom. The van der Waals surface area contributed by atoms with Crippen LogP contribution in [0.5, 0.6) is 5.75 Å². The van der Waals surface area contributed by atoms with E-state index in [-0.39, 0.29) is 5.75 Å². The van der Waals surface area contributed by atoms with E-state index in [0.29, 0.717) is 0 Å². The van der Waals surface area contributed by atoms with Crippen molar-refractivity contribution in [1.82, 2.24) is 14.8 Å². The lowest BCUT2D eigenvalue weighted by molar-refractivity contribution is 0.475. The molecule has 2 aromatic heterocycles. The molecule has 3 aromatic rings. The van der Waals surface area contributed by atoms with Crippen LogP contribution >= 0.6 is 0 Å². The monoisotopic (exact) mass is 239 g/mol. The summed E-state index contributed by atoms with van der Waals surface area (Å²) >= 11 is 0. The molecule has 0 atom stereocenters. The zero-order chi connectivity index (χ0) is 12.5. The molecule has 0 saturated carbocycles. The summed E-state index contributed by atoms with van der Waals surface area (Å²) in [6, 6.07) is 11.0. The predicted octanol–water partition coefficient (Wildman–Crippen LogP) is 2.82. The molecule has 0 unspecified atom stereocenters. The molecule has 0 saturated heterocycles. The van der Waals surface area contributed by atoms with Gasteiger partial charge in [-0.15, -0.1) is 0 Å². The Kier molecular flexibility index (Phi) is 2.48. The Hall–Kier alpha value is -2.36. The molecule has 1 aromatic carbocycles. The number of rotatable bonds is 2. The highest BCUT2D eigenvalue weighted by molar-refractivity contribution is 5.89. The zero-order valence-electron chi connectivity index (χ0n) is 10.0. The Morgan fingerprint density at radius 1 is 1.17 bits per heavy atom. The topological polar surface area (TPSA) is 50.9 Å². The molecule has 0 fully saturated rings. The standard InChI is InChI=1S/C14H13N3O/c1-2-17-12-4-3-9-15-14(12)13(16-17)10-5-7-11(18)8-6-10/h3-9,18H,2H2,1H3. The van der Waals surface area contributed by atoms with E-state index in [4.69, 9.17) is 0 Å². The number of phenols is 1. The summed E-state index contributed by atoms with van der Waals surface area (Å²) in [4.78, 5) is 4.40. The summed E-state index contributed by atoms with van der Waals surface area (Å²) in [5, 5.41) is 13.9. The number of aromatic hydroxyl groups is 1. The van der Waals surface area contributed by atoms with Crippen LogP contribution in [-0.4, -0.2) is 19.9 Å². The van der Waals surface area contributed by atoms with Crippen molar-refractivity contribution < 1.29 is 5.11 Å². The van der Waals surface area contributed by atoms with Crippen molar-refractivity contribution in [3.8, 4) is 17.0 Å². The largest absolute Gasteiger partial charge is 0.508 e. The van der Waals surface area contributed by atoms with Gasteiger partial charge in [-0.2, -0.15) is 5.10 Å². The molecule has 0 spiro atoms. The van der Waals surface area contributed by atoms with Gasteiger partial charge in [0.2, 0.25) is 0 Å². The average molecular weight is 239 g/mol. The van der Waals surface area contributed by atoms with Crippen molar-refractivity contribution in [2.75, 3.05) is 0 Å². The van der Waals surface area contributed by atoms with Gasteiger partial charge < -0.3 is 5.11 Å². The molecular formula is C14H13N3O. The number of benzene rings is 1. The molecule has 4 heteroatoms. The Bertz CT molecular complexity index is 686. The molecule has 0 amide bonds. The molecule has 0 bridgehead atoms. The summed E-state index contributed by atoms with van der Waals surface area (Å²) in [5.41, 5.74) is 3.74. The number of fused-ring (bicyclic) bond motifs is 1. The minimum atomic E-state index is 0.255. The quantitative estimate of drug-likeness (QED) is 0.748. The molecule has 0 radical (unpaired) electrons. The summed E-state index contributed by atoms with van der Waals surface area (Å²) in [6.45, 7) is 2.86. The summed E-state index contributed by atoms with van der Waals surface area (Å²) < 4.78 is 1.94. The van der Waals surface area contributed by atoms with Crippen molar-refractivity contribution in [2.45, 2.75) is 13.5 Å². The van der Waals surface area contributed by atoms with E-state index in [1.54, 1.807) is 18.3 Å². The van der Waals surface area contributed by atoms with Gasteiger partial charge in [-0.25, -0.2) is 0 Å². The van der Waals surface area contributed by atoms with Crippen LogP contribution in [0.25, 0.3) is 22.3 Å². The molecule has 3 rings (SSSR count). The molecule has 90 valence electrons. The van der Waals surface area contributed by atoms with Crippen LogP contribution in [0, 0.1) is 0 Å². The van der Waals surface area contributed by atoms with Gasteiger partial charge in [0.25, 0.3) is 0 Å². The van der Waals surface area contributed by atoms with Crippen molar-refractivity contribution >= 4 is 11.0 Å². The second-order valence-corrected chi connectivity index (χ2v) is 4.08. The summed E-state index contributed by atoms with van der Waals surface area (Å²) in [5.74, 6) is 0.255. The maximum atomic E-state index is 9.33. The molecular weight excluding hydrogens is 226 g/mol. The van der Waals surface area contributed by atoms with Gasteiger partial charge in [-0.3, -0.25) is 9.67 Å². The molecule has 1 N–H and O–H groups in total. The number of hydrogen-bond donors (Lipinski definition) is 1. The first-order valence-electron chi connectivity index (χ1n) is 5.90. The molecule has 0 aliphatic carbocycles. The van der Waals surface area contributed by atoms with Gasteiger partial charge in [-0.05, 0) is 43.3 Å². The lowest BCUT2D eigenvalue weighted by atomic mass is 10.1. The van der Waals surface area contributed by atoms with Crippen molar-refractivity contribution in [1.29, 1.82) is 0 Å². The number of nitrogens with zero attached hydrogens (tertiary/aromatic N) is 3. The fourth-order valence-corrected chi connectivity index (χ4v) is 2.06. The van der Waals surface area contributed by atoms with Gasteiger partial charge in [0.1, 0.15) is 17.0 Å². The van der Waals surface area contributed by atoms with Crippen molar-refractivity contribution in [3.05, 3.63) is 42.6 Å². The zero-order valence-corrected chi connectivity index (χ0v) is 10.0. The fourth-order valence-electron chi connectivity index (χ4n) is 2.06. The SMILES string of the molecule is CCn1nc(-c2ccc(O)cc2)c2ncccc21. The highest BCUT2D eigenvalue weighted by atomic mass is 16.3.